The number of ether oxygens (including phenoxy) is 1. The van der Waals surface area contributed by atoms with Crippen molar-refractivity contribution in [1.29, 1.82) is 0 Å². The third-order valence-electron chi connectivity index (χ3n) is 2.16. The first kappa shape index (κ1) is 11.8. The standard InChI is InChI=1S/C11H20O2Si/c1-5-10-11(13-10)8-6-7-9-12-14(2,3)4/h1,10-11H,6-9H2,2-4H3/t10-,11+/m0/s1. The van der Waals surface area contributed by atoms with Crippen LogP contribution in [0.1, 0.15) is 19.3 Å². The molecule has 0 aromatic carbocycles. The highest BCUT2D eigenvalue weighted by molar-refractivity contribution is 6.69. The lowest BCUT2D eigenvalue weighted by Gasteiger charge is -2.16. The number of terminal acetylenes is 1. The van der Waals surface area contributed by atoms with E-state index in [0.29, 0.717) is 6.10 Å². The largest absolute Gasteiger partial charge is 0.418 e. The summed E-state index contributed by atoms with van der Waals surface area (Å²) in [5.74, 6) is 2.61. The highest BCUT2D eigenvalue weighted by Gasteiger charge is 2.35. The monoisotopic (exact) mass is 212 g/mol. The molecule has 0 aromatic rings. The van der Waals surface area contributed by atoms with E-state index in [2.05, 4.69) is 25.6 Å². The second kappa shape index (κ2) is 4.97. The molecule has 0 saturated carbocycles. The number of hydrogen-bond donors (Lipinski definition) is 0. The average Bonchev–Trinajstić information content (AvgIpc) is 2.80. The van der Waals surface area contributed by atoms with Crippen LogP contribution in [0.15, 0.2) is 0 Å². The molecular weight excluding hydrogens is 192 g/mol. The van der Waals surface area contributed by atoms with E-state index in [1.54, 1.807) is 0 Å². The molecule has 1 heterocycles. The molecule has 0 bridgehead atoms. The van der Waals surface area contributed by atoms with E-state index in [-0.39, 0.29) is 6.10 Å². The van der Waals surface area contributed by atoms with Crippen LogP contribution >= 0.6 is 0 Å². The van der Waals surface area contributed by atoms with Crippen LogP contribution in [0.4, 0.5) is 0 Å². The van der Waals surface area contributed by atoms with E-state index < -0.39 is 8.32 Å². The number of unbranched alkanes of at least 4 members (excludes halogenated alkanes) is 1. The quantitative estimate of drug-likeness (QED) is 0.292. The summed E-state index contributed by atoms with van der Waals surface area (Å²) < 4.78 is 11.0. The van der Waals surface area contributed by atoms with Crippen molar-refractivity contribution in [2.45, 2.75) is 51.1 Å². The van der Waals surface area contributed by atoms with Gasteiger partial charge in [-0.25, -0.2) is 0 Å². The molecule has 1 saturated heterocycles. The Kier molecular flexibility index (Phi) is 4.18. The molecule has 14 heavy (non-hydrogen) atoms. The van der Waals surface area contributed by atoms with Gasteiger partial charge in [0.05, 0.1) is 6.10 Å². The maximum atomic E-state index is 5.74. The number of hydrogen-bond acceptors (Lipinski definition) is 2. The van der Waals surface area contributed by atoms with Gasteiger partial charge in [-0.05, 0) is 38.9 Å². The molecule has 0 amide bonds. The lowest BCUT2D eigenvalue weighted by Crippen LogP contribution is -2.25. The second-order valence-corrected chi connectivity index (χ2v) is 9.23. The van der Waals surface area contributed by atoms with E-state index in [1.807, 2.05) is 0 Å². The summed E-state index contributed by atoms with van der Waals surface area (Å²) in [5.41, 5.74) is 0. The topological polar surface area (TPSA) is 21.8 Å². The predicted octanol–water partition coefficient (Wildman–Crippen LogP) is 2.41. The second-order valence-electron chi connectivity index (χ2n) is 4.72. The van der Waals surface area contributed by atoms with Crippen LogP contribution in [-0.4, -0.2) is 27.1 Å². The summed E-state index contributed by atoms with van der Waals surface area (Å²) in [5, 5.41) is 0. The van der Waals surface area contributed by atoms with Gasteiger partial charge in [0.2, 0.25) is 0 Å². The van der Waals surface area contributed by atoms with Gasteiger partial charge >= 0.3 is 0 Å². The van der Waals surface area contributed by atoms with E-state index in [1.165, 1.54) is 0 Å². The molecule has 1 fully saturated rings. The van der Waals surface area contributed by atoms with E-state index in [0.717, 1.165) is 25.9 Å². The van der Waals surface area contributed by atoms with Crippen molar-refractivity contribution < 1.29 is 9.16 Å². The molecule has 0 aromatic heterocycles. The molecule has 0 radical (unpaired) electrons. The summed E-state index contributed by atoms with van der Waals surface area (Å²) in [6.07, 6.45) is 9.04. The zero-order valence-corrected chi connectivity index (χ0v) is 10.4. The smallest absolute Gasteiger partial charge is 0.183 e. The average molecular weight is 212 g/mol. The van der Waals surface area contributed by atoms with Crippen LogP contribution in [0.25, 0.3) is 0 Å². The van der Waals surface area contributed by atoms with Crippen LogP contribution in [0.3, 0.4) is 0 Å². The summed E-state index contributed by atoms with van der Waals surface area (Å²) in [6, 6.07) is 0. The fraction of sp³-hybridized carbons (Fsp3) is 0.818. The van der Waals surface area contributed by atoms with Crippen molar-refractivity contribution in [3.8, 4) is 12.3 Å². The fourth-order valence-corrected chi connectivity index (χ4v) is 2.09. The molecule has 80 valence electrons. The molecule has 1 rings (SSSR count). The van der Waals surface area contributed by atoms with E-state index in [9.17, 15) is 0 Å². The van der Waals surface area contributed by atoms with Gasteiger partial charge in [0.1, 0.15) is 6.10 Å². The number of epoxide rings is 1. The minimum absolute atomic E-state index is 0.105. The van der Waals surface area contributed by atoms with Gasteiger partial charge in [0.15, 0.2) is 8.32 Å². The van der Waals surface area contributed by atoms with Crippen LogP contribution in [0, 0.1) is 12.3 Å². The molecule has 0 spiro atoms. The van der Waals surface area contributed by atoms with Crippen LogP contribution in [0.5, 0.6) is 0 Å². The van der Waals surface area contributed by atoms with Crippen molar-refractivity contribution in [3.63, 3.8) is 0 Å². The van der Waals surface area contributed by atoms with Crippen LogP contribution in [0.2, 0.25) is 19.6 Å². The number of rotatable bonds is 6. The molecular formula is C11H20O2Si. The summed E-state index contributed by atoms with van der Waals surface area (Å²) >= 11 is 0. The molecule has 3 heteroatoms. The SMILES string of the molecule is C#C[C@@H]1O[C@@H]1CCCCO[Si](C)(C)C. The lowest BCUT2D eigenvalue weighted by molar-refractivity contribution is 0.293. The minimum atomic E-state index is -1.30. The first-order chi connectivity index (χ1) is 6.53. The Balaban J connectivity index is 1.89. The first-order valence-electron chi connectivity index (χ1n) is 5.28. The van der Waals surface area contributed by atoms with Gasteiger partial charge in [0, 0.05) is 6.61 Å². The summed E-state index contributed by atoms with van der Waals surface area (Å²) in [6.45, 7) is 7.53. The Bertz CT molecular complexity index is 214. The maximum absolute atomic E-state index is 5.74. The van der Waals surface area contributed by atoms with Crippen LogP contribution in [-0.2, 0) is 9.16 Å². The molecule has 0 N–H and O–H groups in total. The molecule has 0 unspecified atom stereocenters. The van der Waals surface area contributed by atoms with Gasteiger partial charge in [-0.15, -0.1) is 6.42 Å². The Morgan fingerprint density at radius 1 is 1.36 bits per heavy atom. The lowest BCUT2D eigenvalue weighted by atomic mass is 10.1. The summed E-state index contributed by atoms with van der Waals surface area (Å²) in [4.78, 5) is 0. The first-order valence-corrected chi connectivity index (χ1v) is 8.69. The third kappa shape index (κ3) is 4.80. The van der Waals surface area contributed by atoms with Crippen molar-refractivity contribution in [3.05, 3.63) is 0 Å². The Morgan fingerprint density at radius 3 is 2.57 bits per heavy atom. The van der Waals surface area contributed by atoms with Gasteiger partial charge < -0.3 is 9.16 Å². The van der Waals surface area contributed by atoms with Gasteiger partial charge in [-0.2, -0.15) is 0 Å². The summed E-state index contributed by atoms with van der Waals surface area (Å²) in [7, 11) is -1.30. The van der Waals surface area contributed by atoms with E-state index >= 15 is 0 Å². The molecule has 2 atom stereocenters. The highest BCUT2D eigenvalue weighted by atomic mass is 28.4. The Labute approximate surface area is 88.1 Å². The minimum Gasteiger partial charge on any atom is -0.418 e. The van der Waals surface area contributed by atoms with Gasteiger partial charge in [0.25, 0.3) is 0 Å². The molecule has 1 aliphatic heterocycles. The van der Waals surface area contributed by atoms with Gasteiger partial charge in [-0.1, -0.05) is 5.92 Å². The molecule has 1 aliphatic rings. The fourth-order valence-electron chi connectivity index (χ4n) is 1.33. The van der Waals surface area contributed by atoms with Crippen LogP contribution < -0.4 is 0 Å². The normalized spacial score (nSPS) is 25.9. The van der Waals surface area contributed by atoms with Crippen molar-refractivity contribution >= 4 is 8.32 Å². The zero-order valence-electron chi connectivity index (χ0n) is 9.38. The van der Waals surface area contributed by atoms with Crippen molar-refractivity contribution in [1.82, 2.24) is 0 Å². The maximum Gasteiger partial charge on any atom is 0.183 e. The van der Waals surface area contributed by atoms with Crippen molar-refractivity contribution in [2.75, 3.05) is 6.61 Å². The third-order valence-corrected chi connectivity index (χ3v) is 3.23. The van der Waals surface area contributed by atoms with Crippen molar-refractivity contribution in [2.24, 2.45) is 0 Å². The zero-order chi connectivity index (χ0) is 10.6. The Morgan fingerprint density at radius 2 is 2.07 bits per heavy atom. The molecule has 0 aliphatic carbocycles. The highest BCUT2D eigenvalue weighted by Crippen LogP contribution is 2.26. The van der Waals surface area contributed by atoms with E-state index in [4.69, 9.17) is 15.6 Å². The van der Waals surface area contributed by atoms with Gasteiger partial charge in [-0.3, -0.25) is 0 Å². The predicted molar refractivity (Wildman–Crippen MR) is 60.6 cm³/mol. The Hall–Kier alpha value is -0.303. The molecule has 2 nitrogen and oxygen atoms in total.